The summed E-state index contributed by atoms with van der Waals surface area (Å²) in [4.78, 5) is 12.0. The van der Waals surface area contributed by atoms with Gasteiger partial charge in [0.05, 0.1) is 6.26 Å². The van der Waals surface area contributed by atoms with Crippen LogP contribution in [0.1, 0.15) is 30.2 Å². The quantitative estimate of drug-likeness (QED) is 0.887. The average Bonchev–Trinajstić information content (AvgIpc) is 2.92. The van der Waals surface area contributed by atoms with Crippen LogP contribution in [0.2, 0.25) is 0 Å². The third kappa shape index (κ3) is 3.47. The molecule has 0 bridgehead atoms. The summed E-state index contributed by atoms with van der Waals surface area (Å²) in [6, 6.07) is 9.81. The standard InChI is InChI=1S/C16H19NO2/c1-3-13-7-4-6-12(2)16(13)17-15(18)10-9-14-8-5-11-19-14/h4-8,11H,3,9-10H2,1-2H3,(H,17,18). The highest BCUT2D eigenvalue weighted by molar-refractivity contribution is 5.92. The van der Waals surface area contributed by atoms with E-state index in [4.69, 9.17) is 4.42 Å². The molecule has 0 aliphatic carbocycles. The van der Waals surface area contributed by atoms with E-state index < -0.39 is 0 Å². The van der Waals surface area contributed by atoms with Gasteiger partial charge in [-0.15, -0.1) is 0 Å². The van der Waals surface area contributed by atoms with E-state index >= 15 is 0 Å². The monoisotopic (exact) mass is 257 g/mol. The first-order valence-corrected chi connectivity index (χ1v) is 6.61. The molecule has 0 saturated carbocycles. The van der Waals surface area contributed by atoms with Crippen molar-refractivity contribution in [2.75, 3.05) is 5.32 Å². The first-order chi connectivity index (χ1) is 9.20. The molecular weight excluding hydrogens is 238 g/mol. The molecule has 1 aromatic heterocycles. The van der Waals surface area contributed by atoms with Crippen LogP contribution in [-0.2, 0) is 17.6 Å². The van der Waals surface area contributed by atoms with Gasteiger partial charge in [0.1, 0.15) is 5.76 Å². The molecule has 1 N–H and O–H groups in total. The second-order valence-electron chi connectivity index (χ2n) is 4.59. The van der Waals surface area contributed by atoms with Crippen molar-refractivity contribution in [3.05, 3.63) is 53.5 Å². The van der Waals surface area contributed by atoms with E-state index in [0.717, 1.165) is 23.4 Å². The van der Waals surface area contributed by atoms with Crippen LogP contribution in [-0.4, -0.2) is 5.91 Å². The minimum Gasteiger partial charge on any atom is -0.469 e. The number of benzene rings is 1. The van der Waals surface area contributed by atoms with Crippen molar-refractivity contribution in [2.24, 2.45) is 0 Å². The first-order valence-electron chi connectivity index (χ1n) is 6.61. The number of carbonyl (C=O) groups excluding carboxylic acids is 1. The molecule has 100 valence electrons. The Bertz CT molecular complexity index is 544. The summed E-state index contributed by atoms with van der Waals surface area (Å²) in [6.45, 7) is 4.11. The Hall–Kier alpha value is -2.03. The van der Waals surface area contributed by atoms with Gasteiger partial charge in [-0.1, -0.05) is 25.1 Å². The molecule has 0 aliphatic heterocycles. The van der Waals surface area contributed by atoms with Gasteiger partial charge in [-0.25, -0.2) is 0 Å². The minimum atomic E-state index is 0.0281. The van der Waals surface area contributed by atoms with Gasteiger partial charge in [0.15, 0.2) is 0 Å². The molecule has 0 atom stereocenters. The molecule has 2 aromatic rings. The molecule has 0 radical (unpaired) electrons. The number of anilines is 1. The Balaban J connectivity index is 1.99. The molecule has 1 aromatic carbocycles. The summed E-state index contributed by atoms with van der Waals surface area (Å²) in [5.41, 5.74) is 3.23. The number of hydrogen-bond acceptors (Lipinski definition) is 2. The topological polar surface area (TPSA) is 42.2 Å². The maximum Gasteiger partial charge on any atom is 0.224 e. The molecule has 0 aliphatic rings. The second-order valence-corrected chi connectivity index (χ2v) is 4.59. The van der Waals surface area contributed by atoms with Crippen molar-refractivity contribution in [2.45, 2.75) is 33.1 Å². The van der Waals surface area contributed by atoms with E-state index in [1.54, 1.807) is 6.26 Å². The summed E-state index contributed by atoms with van der Waals surface area (Å²) in [5.74, 6) is 0.871. The van der Waals surface area contributed by atoms with Crippen LogP contribution in [0.5, 0.6) is 0 Å². The zero-order valence-electron chi connectivity index (χ0n) is 11.4. The Morgan fingerprint density at radius 3 is 2.79 bits per heavy atom. The molecule has 0 spiro atoms. The van der Waals surface area contributed by atoms with Crippen LogP contribution in [0.25, 0.3) is 0 Å². The normalized spacial score (nSPS) is 10.4. The molecular formula is C16H19NO2. The van der Waals surface area contributed by atoms with E-state index in [0.29, 0.717) is 12.8 Å². The second kappa shape index (κ2) is 6.23. The van der Waals surface area contributed by atoms with Gasteiger partial charge in [0, 0.05) is 18.5 Å². The zero-order chi connectivity index (χ0) is 13.7. The lowest BCUT2D eigenvalue weighted by Gasteiger charge is -2.12. The highest BCUT2D eigenvalue weighted by atomic mass is 16.3. The largest absolute Gasteiger partial charge is 0.469 e. The van der Waals surface area contributed by atoms with Crippen molar-refractivity contribution in [1.82, 2.24) is 0 Å². The molecule has 1 amide bonds. The number of rotatable bonds is 5. The predicted octanol–water partition coefficient (Wildman–Crippen LogP) is 3.72. The fraction of sp³-hybridized carbons (Fsp3) is 0.312. The average molecular weight is 257 g/mol. The molecule has 19 heavy (non-hydrogen) atoms. The SMILES string of the molecule is CCc1cccc(C)c1NC(=O)CCc1ccco1. The Morgan fingerprint density at radius 1 is 1.26 bits per heavy atom. The number of nitrogens with one attached hydrogen (secondary N) is 1. The van der Waals surface area contributed by atoms with Gasteiger partial charge < -0.3 is 9.73 Å². The fourth-order valence-electron chi connectivity index (χ4n) is 2.10. The highest BCUT2D eigenvalue weighted by Gasteiger charge is 2.09. The maximum absolute atomic E-state index is 12.0. The maximum atomic E-state index is 12.0. The van der Waals surface area contributed by atoms with Gasteiger partial charge >= 0.3 is 0 Å². The molecule has 0 saturated heterocycles. The van der Waals surface area contributed by atoms with Gasteiger partial charge in [-0.3, -0.25) is 4.79 Å². The highest BCUT2D eigenvalue weighted by Crippen LogP contribution is 2.21. The van der Waals surface area contributed by atoms with E-state index in [1.165, 1.54) is 5.56 Å². The number of hydrogen-bond donors (Lipinski definition) is 1. The molecule has 0 fully saturated rings. The lowest BCUT2D eigenvalue weighted by molar-refractivity contribution is -0.116. The Labute approximate surface area is 113 Å². The van der Waals surface area contributed by atoms with Crippen molar-refractivity contribution >= 4 is 11.6 Å². The van der Waals surface area contributed by atoms with Crippen LogP contribution in [0.15, 0.2) is 41.0 Å². The summed E-state index contributed by atoms with van der Waals surface area (Å²) in [7, 11) is 0. The van der Waals surface area contributed by atoms with Crippen molar-refractivity contribution in [3.8, 4) is 0 Å². The molecule has 3 heteroatoms. The van der Waals surface area contributed by atoms with Crippen molar-refractivity contribution in [1.29, 1.82) is 0 Å². The van der Waals surface area contributed by atoms with Gasteiger partial charge in [-0.2, -0.15) is 0 Å². The van der Waals surface area contributed by atoms with Crippen LogP contribution in [0, 0.1) is 6.92 Å². The molecule has 2 rings (SSSR count). The third-order valence-electron chi connectivity index (χ3n) is 3.18. The molecule has 3 nitrogen and oxygen atoms in total. The van der Waals surface area contributed by atoms with Crippen LogP contribution in [0.4, 0.5) is 5.69 Å². The smallest absolute Gasteiger partial charge is 0.224 e. The van der Waals surface area contributed by atoms with Gasteiger partial charge in [0.2, 0.25) is 5.91 Å². The van der Waals surface area contributed by atoms with Crippen molar-refractivity contribution < 1.29 is 9.21 Å². The molecule has 1 heterocycles. The van der Waals surface area contributed by atoms with Gasteiger partial charge in [-0.05, 0) is 36.6 Å². The van der Waals surface area contributed by atoms with Crippen molar-refractivity contribution in [3.63, 3.8) is 0 Å². The lowest BCUT2D eigenvalue weighted by atomic mass is 10.1. The summed E-state index contributed by atoms with van der Waals surface area (Å²) in [5, 5.41) is 3.01. The number of para-hydroxylation sites is 1. The fourth-order valence-corrected chi connectivity index (χ4v) is 2.10. The summed E-state index contributed by atoms with van der Waals surface area (Å²) >= 11 is 0. The van der Waals surface area contributed by atoms with E-state index in [-0.39, 0.29) is 5.91 Å². The van der Waals surface area contributed by atoms with Crippen LogP contribution >= 0.6 is 0 Å². The number of aryl methyl sites for hydroxylation is 3. The lowest BCUT2D eigenvalue weighted by Crippen LogP contribution is -2.14. The number of furan rings is 1. The van der Waals surface area contributed by atoms with Crippen LogP contribution in [0.3, 0.4) is 0 Å². The first kappa shape index (κ1) is 13.4. The minimum absolute atomic E-state index is 0.0281. The van der Waals surface area contributed by atoms with E-state index in [2.05, 4.69) is 18.3 Å². The van der Waals surface area contributed by atoms with Gasteiger partial charge in [0.25, 0.3) is 0 Å². The summed E-state index contributed by atoms with van der Waals surface area (Å²) < 4.78 is 5.22. The summed E-state index contributed by atoms with van der Waals surface area (Å²) in [6.07, 6.45) is 3.61. The third-order valence-corrected chi connectivity index (χ3v) is 3.18. The number of carbonyl (C=O) groups is 1. The predicted molar refractivity (Wildman–Crippen MR) is 76.2 cm³/mol. The number of amides is 1. The Kier molecular flexibility index (Phi) is 4.39. The molecule has 0 unspecified atom stereocenters. The zero-order valence-corrected chi connectivity index (χ0v) is 11.4. The van der Waals surface area contributed by atoms with E-state index in [9.17, 15) is 4.79 Å². The van der Waals surface area contributed by atoms with Crippen LogP contribution < -0.4 is 5.32 Å². The Morgan fingerprint density at radius 2 is 2.11 bits per heavy atom. The van der Waals surface area contributed by atoms with E-state index in [1.807, 2.05) is 31.2 Å².